The molecule has 0 unspecified atom stereocenters. The molecule has 2 N–H and O–H groups in total. The predicted octanol–water partition coefficient (Wildman–Crippen LogP) is 4.42. The van der Waals surface area contributed by atoms with Crippen molar-refractivity contribution in [3.05, 3.63) is 46.8 Å². The fraction of sp³-hybridized carbons (Fsp3) is 0.500. The number of rotatable bonds is 6. The molecule has 0 atom stereocenters. The van der Waals surface area contributed by atoms with Crippen LogP contribution in [-0.2, 0) is 0 Å². The maximum absolute atomic E-state index is 12.5. The van der Waals surface area contributed by atoms with Gasteiger partial charge in [-0.3, -0.25) is 9.59 Å². The molecule has 0 radical (unpaired) electrons. The summed E-state index contributed by atoms with van der Waals surface area (Å²) >= 11 is 0. The van der Waals surface area contributed by atoms with Gasteiger partial charge >= 0.3 is 0 Å². The molecule has 1 aromatic carbocycles. The number of carbonyl (C=O) groups excluding carboxylic acids is 2. The van der Waals surface area contributed by atoms with Gasteiger partial charge in [0.15, 0.2) is 5.69 Å². The van der Waals surface area contributed by atoms with Gasteiger partial charge in [0.05, 0.1) is 0 Å². The van der Waals surface area contributed by atoms with Crippen LogP contribution in [0.15, 0.2) is 28.8 Å². The van der Waals surface area contributed by atoms with Crippen LogP contribution in [-0.4, -0.2) is 23.5 Å². The quantitative estimate of drug-likeness (QED) is 0.776. The summed E-state index contributed by atoms with van der Waals surface area (Å²) in [4.78, 5) is 24.9. The first kappa shape index (κ1) is 18.7. The van der Waals surface area contributed by atoms with Crippen LogP contribution in [0.5, 0.6) is 0 Å². The Balaban J connectivity index is 1.34. The van der Waals surface area contributed by atoms with E-state index in [4.69, 9.17) is 4.52 Å². The number of hydrogen-bond acceptors (Lipinski definition) is 4. The maximum Gasteiger partial charge on any atom is 0.277 e. The monoisotopic (exact) mass is 381 g/mol. The molecule has 1 heterocycles. The van der Waals surface area contributed by atoms with Gasteiger partial charge in [0, 0.05) is 29.8 Å². The fourth-order valence-corrected chi connectivity index (χ4v) is 3.87. The van der Waals surface area contributed by atoms with E-state index in [0.717, 1.165) is 30.7 Å². The Morgan fingerprint density at radius 3 is 2.57 bits per heavy atom. The Morgan fingerprint density at radius 2 is 1.86 bits per heavy atom. The molecule has 2 aliphatic carbocycles. The van der Waals surface area contributed by atoms with E-state index in [1.807, 2.05) is 13.0 Å². The van der Waals surface area contributed by atoms with Crippen LogP contribution in [0.4, 0.5) is 5.69 Å². The molecule has 2 aromatic rings. The first-order chi connectivity index (χ1) is 13.6. The van der Waals surface area contributed by atoms with Crippen LogP contribution in [0.1, 0.15) is 83.0 Å². The van der Waals surface area contributed by atoms with Crippen LogP contribution < -0.4 is 10.6 Å². The highest BCUT2D eigenvalue weighted by Gasteiger charge is 2.29. The Morgan fingerprint density at radius 1 is 1.07 bits per heavy atom. The summed E-state index contributed by atoms with van der Waals surface area (Å²) in [5, 5.41) is 9.75. The molecule has 0 saturated heterocycles. The summed E-state index contributed by atoms with van der Waals surface area (Å²) < 4.78 is 5.23. The van der Waals surface area contributed by atoms with Crippen molar-refractivity contribution in [2.45, 2.75) is 57.8 Å². The lowest BCUT2D eigenvalue weighted by atomic mass is 9.89. The second-order valence-corrected chi connectivity index (χ2v) is 8.09. The van der Waals surface area contributed by atoms with Crippen molar-refractivity contribution in [3.8, 4) is 0 Å². The van der Waals surface area contributed by atoms with E-state index < -0.39 is 0 Å². The van der Waals surface area contributed by atoms with Gasteiger partial charge in [-0.2, -0.15) is 0 Å². The summed E-state index contributed by atoms with van der Waals surface area (Å²) in [6, 6.07) is 7.05. The van der Waals surface area contributed by atoms with E-state index in [9.17, 15) is 9.59 Å². The molecule has 28 heavy (non-hydrogen) atoms. The average molecular weight is 381 g/mol. The summed E-state index contributed by atoms with van der Waals surface area (Å²) in [6.07, 6.45) is 8.44. The van der Waals surface area contributed by atoms with E-state index in [-0.39, 0.29) is 17.5 Å². The van der Waals surface area contributed by atoms with Crippen LogP contribution in [0.25, 0.3) is 0 Å². The average Bonchev–Trinajstić information content (AvgIpc) is 3.43. The largest absolute Gasteiger partial charge is 0.360 e. The summed E-state index contributed by atoms with van der Waals surface area (Å²) in [7, 11) is 0. The number of aryl methyl sites for hydroxylation is 1. The van der Waals surface area contributed by atoms with Crippen molar-refractivity contribution in [1.29, 1.82) is 0 Å². The molecule has 148 valence electrons. The van der Waals surface area contributed by atoms with Crippen LogP contribution in [0, 0.1) is 12.8 Å². The van der Waals surface area contributed by atoms with E-state index in [1.165, 1.54) is 32.1 Å². The molecular formula is C22H27N3O3. The van der Waals surface area contributed by atoms with E-state index in [0.29, 0.717) is 23.1 Å². The first-order valence-electron chi connectivity index (χ1n) is 10.3. The van der Waals surface area contributed by atoms with Crippen molar-refractivity contribution in [2.24, 2.45) is 5.92 Å². The molecule has 0 spiro atoms. The molecule has 2 fully saturated rings. The first-order valence-corrected chi connectivity index (χ1v) is 10.3. The number of hydrogen-bond donors (Lipinski definition) is 2. The molecule has 4 rings (SSSR count). The molecule has 1 aromatic heterocycles. The van der Waals surface area contributed by atoms with Gasteiger partial charge in [0.25, 0.3) is 11.8 Å². The SMILES string of the molecule is Cc1cc(NC(=O)c2cc(C3CC3)on2)ccc1C(=O)NCC1CCCCC1. The number of aromatic nitrogens is 1. The van der Waals surface area contributed by atoms with Crippen molar-refractivity contribution in [2.75, 3.05) is 11.9 Å². The smallest absolute Gasteiger partial charge is 0.277 e. The molecular weight excluding hydrogens is 354 g/mol. The number of benzene rings is 1. The zero-order valence-electron chi connectivity index (χ0n) is 16.3. The minimum atomic E-state index is -0.301. The maximum atomic E-state index is 12.5. The van der Waals surface area contributed by atoms with Crippen molar-refractivity contribution in [3.63, 3.8) is 0 Å². The summed E-state index contributed by atoms with van der Waals surface area (Å²) in [6.45, 7) is 2.62. The second-order valence-electron chi connectivity index (χ2n) is 8.09. The van der Waals surface area contributed by atoms with Gasteiger partial charge < -0.3 is 15.2 Å². The Bertz CT molecular complexity index is 864. The Labute approximate surface area is 165 Å². The van der Waals surface area contributed by atoms with Crippen LogP contribution >= 0.6 is 0 Å². The lowest BCUT2D eigenvalue weighted by Gasteiger charge is -2.22. The van der Waals surface area contributed by atoms with Crippen molar-refractivity contribution >= 4 is 17.5 Å². The normalized spacial score (nSPS) is 17.3. The lowest BCUT2D eigenvalue weighted by Crippen LogP contribution is -2.30. The van der Waals surface area contributed by atoms with E-state index in [1.54, 1.807) is 18.2 Å². The molecule has 2 amide bonds. The minimum Gasteiger partial charge on any atom is -0.360 e. The number of nitrogens with zero attached hydrogens (tertiary/aromatic N) is 1. The number of amides is 2. The number of anilines is 1. The second kappa shape index (κ2) is 8.17. The number of carbonyl (C=O) groups is 2. The predicted molar refractivity (Wildman–Crippen MR) is 107 cm³/mol. The van der Waals surface area contributed by atoms with Gasteiger partial charge in [-0.1, -0.05) is 24.4 Å². The third-order valence-electron chi connectivity index (χ3n) is 5.75. The molecule has 2 saturated carbocycles. The van der Waals surface area contributed by atoms with Crippen LogP contribution in [0.2, 0.25) is 0 Å². The number of nitrogens with one attached hydrogen (secondary N) is 2. The zero-order chi connectivity index (χ0) is 19.5. The molecule has 6 heteroatoms. The fourth-order valence-electron chi connectivity index (χ4n) is 3.87. The zero-order valence-corrected chi connectivity index (χ0v) is 16.3. The lowest BCUT2D eigenvalue weighted by molar-refractivity contribution is 0.0942. The summed E-state index contributed by atoms with van der Waals surface area (Å²) in [5.41, 5.74) is 2.40. The van der Waals surface area contributed by atoms with E-state index >= 15 is 0 Å². The highest BCUT2D eigenvalue weighted by atomic mass is 16.5. The van der Waals surface area contributed by atoms with E-state index in [2.05, 4.69) is 15.8 Å². The minimum absolute atomic E-state index is 0.0495. The van der Waals surface area contributed by atoms with Gasteiger partial charge in [-0.05, 0) is 62.3 Å². The molecule has 2 aliphatic rings. The van der Waals surface area contributed by atoms with Gasteiger partial charge in [-0.15, -0.1) is 0 Å². The Kier molecular flexibility index (Phi) is 5.46. The highest BCUT2D eigenvalue weighted by Crippen LogP contribution is 2.40. The highest BCUT2D eigenvalue weighted by molar-refractivity contribution is 6.03. The third-order valence-corrected chi connectivity index (χ3v) is 5.75. The topological polar surface area (TPSA) is 84.2 Å². The standard InChI is InChI=1S/C22H27N3O3/c1-14-11-17(24-22(27)19-12-20(28-25-19)16-7-8-16)9-10-18(14)21(26)23-13-15-5-3-2-4-6-15/h9-12,15-16H,2-8,13H2,1H3,(H,23,26)(H,24,27). The Hall–Kier alpha value is -2.63. The van der Waals surface area contributed by atoms with Crippen molar-refractivity contribution in [1.82, 2.24) is 10.5 Å². The summed E-state index contributed by atoms with van der Waals surface area (Å²) in [5.74, 6) is 1.45. The third kappa shape index (κ3) is 4.43. The van der Waals surface area contributed by atoms with Crippen molar-refractivity contribution < 1.29 is 14.1 Å². The van der Waals surface area contributed by atoms with Gasteiger partial charge in [0.1, 0.15) is 5.76 Å². The molecule has 0 aliphatic heterocycles. The van der Waals surface area contributed by atoms with Gasteiger partial charge in [0.2, 0.25) is 0 Å². The van der Waals surface area contributed by atoms with Gasteiger partial charge in [-0.25, -0.2) is 0 Å². The van der Waals surface area contributed by atoms with Crippen LogP contribution in [0.3, 0.4) is 0 Å². The molecule has 6 nitrogen and oxygen atoms in total. The molecule has 0 bridgehead atoms.